The summed E-state index contributed by atoms with van der Waals surface area (Å²) in [6.07, 6.45) is 5.40. The first kappa shape index (κ1) is 25.7. The molecule has 2 fully saturated rings. The van der Waals surface area contributed by atoms with Crippen LogP contribution in [0.3, 0.4) is 0 Å². The van der Waals surface area contributed by atoms with Crippen LogP contribution in [0.4, 0.5) is 11.4 Å². The van der Waals surface area contributed by atoms with E-state index in [9.17, 15) is 13.2 Å². The summed E-state index contributed by atoms with van der Waals surface area (Å²) in [6.45, 7) is 3.17. The molecule has 9 nitrogen and oxygen atoms in total. The van der Waals surface area contributed by atoms with E-state index < -0.39 is 10.0 Å². The number of para-hydroxylation sites is 2. The van der Waals surface area contributed by atoms with Crippen LogP contribution in [-0.2, 0) is 21.9 Å². The Kier molecular flexibility index (Phi) is 7.82. The first-order valence-corrected chi connectivity index (χ1v) is 15.1. The number of nitrogens with one attached hydrogen (secondary N) is 1. The molecule has 3 aromatic rings. The summed E-state index contributed by atoms with van der Waals surface area (Å²) < 4.78 is 28.9. The number of hydrogen-bond acceptors (Lipinski definition) is 7. The maximum absolute atomic E-state index is 12.8. The molecule has 3 heterocycles. The number of aromatic nitrogens is 3. The van der Waals surface area contributed by atoms with Crippen LogP contribution < -0.4 is 10.2 Å². The molecule has 37 heavy (non-hydrogen) atoms. The highest BCUT2D eigenvalue weighted by atomic mass is 32.2. The summed E-state index contributed by atoms with van der Waals surface area (Å²) in [5.74, 6) is 0.715. The number of rotatable bonds is 8. The Bertz CT molecular complexity index is 1340. The number of piperidine rings is 1. The molecule has 5 rings (SSSR count). The van der Waals surface area contributed by atoms with E-state index in [0.29, 0.717) is 24.1 Å². The molecule has 0 atom stereocenters. The SMILES string of the molecule is Cn1c(SCC(=O)Nc2ccccc2N2CCCCC2)nnc1-c1ccc(S(=O)(=O)N2CCCC2)cc1. The summed E-state index contributed by atoms with van der Waals surface area (Å²) in [6, 6.07) is 14.7. The Labute approximate surface area is 222 Å². The van der Waals surface area contributed by atoms with Crippen molar-refractivity contribution < 1.29 is 13.2 Å². The zero-order valence-corrected chi connectivity index (χ0v) is 22.6. The van der Waals surface area contributed by atoms with Gasteiger partial charge < -0.3 is 14.8 Å². The van der Waals surface area contributed by atoms with Gasteiger partial charge in [0, 0.05) is 38.8 Å². The molecule has 2 aliphatic heterocycles. The number of anilines is 2. The van der Waals surface area contributed by atoms with Gasteiger partial charge in [0.05, 0.1) is 22.0 Å². The number of hydrogen-bond donors (Lipinski definition) is 1. The minimum absolute atomic E-state index is 0.101. The van der Waals surface area contributed by atoms with Crippen LogP contribution in [0.15, 0.2) is 58.6 Å². The monoisotopic (exact) mass is 540 g/mol. The van der Waals surface area contributed by atoms with Gasteiger partial charge in [-0.25, -0.2) is 8.42 Å². The number of benzene rings is 2. The fraction of sp³-hybridized carbons (Fsp3) is 0.423. The quantitative estimate of drug-likeness (QED) is 0.431. The summed E-state index contributed by atoms with van der Waals surface area (Å²) in [5, 5.41) is 12.2. The summed E-state index contributed by atoms with van der Waals surface area (Å²) in [5.41, 5.74) is 2.66. The molecule has 0 unspecified atom stereocenters. The number of amides is 1. The lowest BCUT2D eigenvalue weighted by Crippen LogP contribution is -2.30. The minimum Gasteiger partial charge on any atom is -0.370 e. The molecule has 2 aliphatic rings. The zero-order valence-electron chi connectivity index (χ0n) is 21.0. The highest BCUT2D eigenvalue weighted by Crippen LogP contribution is 2.29. The van der Waals surface area contributed by atoms with Crippen molar-refractivity contribution >= 4 is 39.1 Å². The van der Waals surface area contributed by atoms with Crippen molar-refractivity contribution in [3.8, 4) is 11.4 Å². The third-order valence-electron chi connectivity index (χ3n) is 6.86. The third kappa shape index (κ3) is 5.68. The van der Waals surface area contributed by atoms with Gasteiger partial charge in [0.1, 0.15) is 0 Å². The van der Waals surface area contributed by atoms with E-state index in [0.717, 1.165) is 42.9 Å². The predicted octanol–water partition coefficient (Wildman–Crippen LogP) is 3.99. The van der Waals surface area contributed by atoms with Crippen molar-refractivity contribution in [1.29, 1.82) is 0 Å². The first-order valence-electron chi connectivity index (χ1n) is 12.7. The van der Waals surface area contributed by atoms with Gasteiger partial charge in [-0.2, -0.15) is 4.31 Å². The van der Waals surface area contributed by atoms with Crippen LogP contribution in [0.2, 0.25) is 0 Å². The van der Waals surface area contributed by atoms with Crippen molar-refractivity contribution in [2.75, 3.05) is 42.1 Å². The summed E-state index contributed by atoms with van der Waals surface area (Å²) >= 11 is 1.32. The number of sulfonamides is 1. The molecule has 0 aliphatic carbocycles. The standard InChI is InChI=1S/C26H32N6O3S2/c1-30-25(20-11-13-21(14-12-20)37(34,35)32-17-7-8-18-32)28-29-26(30)36-19-24(33)27-22-9-3-4-10-23(22)31-15-5-2-6-16-31/h3-4,9-14H,2,5-8,15-19H2,1H3,(H,27,33). The lowest BCUT2D eigenvalue weighted by molar-refractivity contribution is -0.113. The molecule has 2 saturated heterocycles. The highest BCUT2D eigenvalue weighted by Gasteiger charge is 2.27. The maximum Gasteiger partial charge on any atom is 0.243 e. The van der Waals surface area contributed by atoms with Crippen molar-refractivity contribution in [1.82, 2.24) is 19.1 Å². The van der Waals surface area contributed by atoms with Gasteiger partial charge in [-0.05, 0) is 68.5 Å². The van der Waals surface area contributed by atoms with Crippen molar-refractivity contribution in [2.24, 2.45) is 7.05 Å². The fourth-order valence-electron chi connectivity index (χ4n) is 4.85. The van der Waals surface area contributed by atoms with Gasteiger partial charge in [0.25, 0.3) is 0 Å². The van der Waals surface area contributed by atoms with Crippen molar-refractivity contribution in [3.05, 3.63) is 48.5 Å². The van der Waals surface area contributed by atoms with Gasteiger partial charge in [0.2, 0.25) is 15.9 Å². The van der Waals surface area contributed by atoms with Gasteiger partial charge in [-0.15, -0.1) is 10.2 Å². The maximum atomic E-state index is 12.8. The van der Waals surface area contributed by atoms with Crippen LogP contribution in [0.25, 0.3) is 11.4 Å². The van der Waals surface area contributed by atoms with E-state index in [1.165, 1.54) is 35.3 Å². The Hall–Kier alpha value is -2.89. The normalized spacial score (nSPS) is 16.7. The average Bonchev–Trinajstić information content (AvgIpc) is 3.59. The zero-order chi connectivity index (χ0) is 25.8. The van der Waals surface area contributed by atoms with Crippen LogP contribution in [-0.4, -0.2) is 65.3 Å². The van der Waals surface area contributed by atoms with Crippen LogP contribution in [0.1, 0.15) is 32.1 Å². The van der Waals surface area contributed by atoms with E-state index in [2.05, 4.69) is 26.5 Å². The number of carbonyl (C=O) groups is 1. The second-order valence-electron chi connectivity index (χ2n) is 9.40. The predicted molar refractivity (Wildman–Crippen MR) is 146 cm³/mol. The van der Waals surface area contributed by atoms with E-state index in [4.69, 9.17) is 0 Å². The Balaban J connectivity index is 1.22. The molecule has 0 bridgehead atoms. The largest absolute Gasteiger partial charge is 0.370 e. The Morgan fingerprint density at radius 1 is 0.919 bits per heavy atom. The van der Waals surface area contributed by atoms with E-state index in [1.807, 2.05) is 29.8 Å². The molecular weight excluding hydrogens is 508 g/mol. The van der Waals surface area contributed by atoms with Gasteiger partial charge in [-0.1, -0.05) is 23.9 Å². The number of carbonyl (C=O) groups excluding carboxylic acids is 1. The van der Waals surface area contributed by atoms with Crippen LogP contribution in [0.5, 0.6) is 0 Å². The fourth-order valence-corrected chi connectivity index (χ4v) is 7.08. The van der Waals surface area contributed by atoms with Gasteiger partial charge in [0.15, 0.2) is 11.0 Å². The molecule has 0 radical (unpaired) electrons. The first-order chi connectivity index (χ1) is 17.9. The molecular formula is C26H32N6O3S2. The molecule has 11 heteroatoms. The Morgan fingerprint density at radius 3 is 2.32 bits per heavy atom. The summed E-state index contributed by atoms with van der Waals surface area (Å²) in [4.78, 5) is 15.4. The second kappa shape index (κ2) is 11.2. The molecule has 2 aromatic carbocycles. The summed E-state index contributed by atoms with van der Waals surface area (Å²) in [7, 11) is -1.61. The molecule has 0 spiro atoms. The van der Waals surface area contributed by atoms with Crippen molar-refractivity contribution in [3.63, 3.8) is 0 Å². The number of thioether (sulfide) groups is 1. The highest BCUT2D eigenvalue weighted by molar-refractivity contribution is 7.99. The van der Waals surface area contributed by atoms with E-state index in [-0.39, 0.29) is 16.6 Å². The van der Waals surface area contributed by atoms with E-state index >= 15 is 0 Å². The second-order valence-corrected chi connectivity index (χ2v) is 12.3. The molecule has 196 valence electrons. The smallest absolute Gasteiger partial charge is 0.243 e. The Morgan fingerprint density at radius 2 is 1.59 bits per heavy atom. The molecule has 1 aromatic heterocycles. The lowest BCUT2D eigenvalue weighted by atomic mass is 10.1. The third-order valence-corrected chi connectivity index (χ3v) is 9.79. The molecule has 1 amide bonds. The lowest BCUT2D eigenvalue weighted by Gasteiger charge is -2.30. The van der Waals surface area contributed by atoms with Crippen LogP contribution in [0, 0.1) is 0 Å². The average molecular weight is 541 g/mol. The van der Waals surface area contributed by atoms with Gasteiger partial charge >= 0.3 is 0 Å². The van der Waals surface area contributed by atoms with Gasteiger partial charge in [-0.3, -0.25) is 4.79 Å². The molecule has 0 saturated carbocycles. The van der Waals surface area contributed by atoms with Crippen LogP contribution >= 0.6 is 11.8 Å². The molecule has 1 N–H and O–H groups in total. The number of nitrogens with zero attached hydrogens (tertiary/aromatic N) is 5. The topological polar surface area (TPSA) is 100 Å². The van der Waals surface area contributed by atoms with E-state index in [1.54, 1.807) is 24.3 Å². The minimum atomic E-state index is -3.46. The van der Waals surface area contributed by atoms with Crippen molar-refractivity contribution in [2.45, 2.75) is 42.2 Å².